The van der Waals surface area contributed by atoms with E-state index in [0.717, 1.165) is 5.69 Å². The second kappa shape index (κ2) is 4.72. The molecule has 0 saturated heterocycles. The van der Waals surface area contributed by atoms with Crippen LogP contribution < -0.4 is 5.73 Å². The largest absolute Gasteiger partial charge is 0.368 e. The second-order valence-corrected chi connectivity index (χ2v) is 3.75. The molecule has 0 amide bonds. The van der Waals surface area contributed by atoms with Gasteiger partial charge in [0.15, 0.2) is 0 Å². The Kier molecular flexibility index (Phi) is 3.11. The third-order valence-electron chi connectivity index (χ3n) is 2.25. The maximum atomic E-state index is 13.2. The number of benzene rings is 1. The summed E-state index contributed by atoms with van der Waals surface area (Å²) >= 11 is 0. The highest BCUT2D eigenvalue weighted by Gasteiger charge is 2.00. The van der Waals surface area contributed by atoms with Crippen LogP contribution in [0.4, 0.5) is 10.3 Å². The number of aryl methyl sites for hydroxylation is 1. The molecule has 1 heterocycles. The third-order valence-corrected chi connectivity index (χ3v) is 2.25. The molecule has 2 aromatic rings. The summed E-state index contributed by atoms with van der Waals surface area (Å²) in [6.45, 7) is 1.81. The first kappa shape index (κ1) is 11.9. The van der Waals surface area contributed by atoms with Crippen LogP contribution in [0.5, 0.6) is 0 Å². The molecular formula is C13H11FN4. The zero-order chi connectivity index (χ0) is 13.1. The Morgan fingerprint density at radius 2 is 2.28 bits per heavy atom. The summed E-state index contributed by atoms with van der Waals surface area (Å²) < 4.78 is 14.6. The molecule has 0 spiro atoms. The Balaban J connectivity index is 2.32. The predicted molar refractivity (Wildman–Crippen MR) is 68.7 cm³/mol. The summed E-state index contributed by atoms with van der Waals surface area (Å²) in [7, 11) is 0. The lowest BCUT2D eigenvalue weighted by Crippen LogP contribution is -1.97. The molecule has 90 valence electrons. The van der Waals surface area contributed by atoms with E-state index in [2.05, 4.69) is 16.0 Å². The van der Waals surface area contributed by atoms with E-state index in [9.17, 15) is 4.39 Å². The van der Waals surface area contributed by atoms with E-state index in [0.29, 0.717) is 11.1 Å². The van der Waals surface area contributed by atoms with E-state index in [1.54, 1.807) is 19.2 Å². The minimum atomic E-state index is -0.401. The standard InChI is InChI=1S/C13H11FN4/c1-3-10-4-11(6-12(14)5-10)7-16-18-8-9(2)17-13(18)15/h1,4-8H,2H3,(H2,15,17). The van der Waals surface area contributed by atoms with Crippen molar-refractivity contribution in [2.45, 2.75) is 6.92 Å². The molecule has 0 aliphatic rings. The van der Waals surface area contributed by atoms with Crippen molar-refractivity contribution in [1.82, 2.24) is 9.66 Å². The first-order valence-corrected chi connectivity index (χ1v) is 5.21. The van der Waals surface area contributed by atoms with Gasteiger partial charge in [-0.15, -0.1) is 6.42 Å². The fourth-order valence-corrected chi connectivity index (χ4v) is 1.50. The Hall–Kier alpha value is -2.61. The molecule has 4 nitrogen and oxygen atoms in total. The highest BCUT2D eigenvalue weighted by Crippen LogP contribution is 2.08. The number of nitrogens with two attached hydrogens (primary N) is 1. The fraction of sp³-hybridized carbons (Fsp3) is 0.0769. The maximum absolute atomic E-state index is 13.2. The number of imidazole rings is 1. The molecule has 0 bridgehead atoms. The second-order valence-electron chi connectivity index (χ2n) is 3.75. The van der Waals surface area contributed by atoms with Crippen LogP contribution in [-0.2, 0) is 0 Å². The number of anilines is 1. The van der Waals surface area contributed by atoms with E-state index in [1.807, 2.05) is 0 Å². The quantitative estimate of drug-likeness (QED) is 0.644. The number of nitrogen functional groups attached to an aromatic ring is 1. The minimum Gasteiger partial charge on any atom is -0.368 e. The van der Waals surface area contributed by atoms with Crippen molar-refractivity contribution < 1.29 is 4.39 Å². The Bertz CT molecular complexity index is 649. The molecule has 2 rings (SSSR count). The number of hydrogen-bond donors (Lipinski definition) is 1. The third kappa shape index (κ3) is 2.55. The Morgan fingerprint density at radius 3 is 2.89 bits per heavy atom. The average molecular weight is 242 g/mol. The molecule has 1 aromatic carbocycles. The molecule has 0 aliphatic heterocycles. The van der Waals surface area contributed by atoms with Crippen LogP contribution in [0, 0.1) is 25.1 Å². The van der Waals surface area contributed by atoms with Crippen LogP contribution in [-0.4, -0.2) is 15.9 Å². The summed E-state index contributed by atoms with van der Waals surface area (Å²) in [5.41, 5.74) is 7.41. The number of terminal acetylenes is 1. The Labute approximate surface area is 104 Å². The lowest BCUT2D eigenvalue weighted by atomic mass is 10.1. The van der Waals surface area contributed by atoms with Crippen LogP contribution in [0.3, 0.4) is 0 Å². The highest BCUT2D eigenvalue weighted by atomic mass is 19.1. The molecule has 0 unspecified atom stereocenters. The molecule has 0 aliphatic carbocycles. The number of nitrogens with zero attached hydrogens (tertiary/aromatic N) is 3. The van der Waals surface area contributed by atoms with Crippen molar-refractivity contribution in [3.05, 3.63) is 47.0 Å². The van der Waals surface area contributed by atoms with E-state index >= 15 is 0 Å². The maximum Gasteiger partial charge on any atom is 0.221 e. The van der Waals surface area contributed by atoms with Crippen molar-refractivity contribution in [1.29, 1.82) is 0 Å². The first-order valence-electron chi connectivity index (χ1n) is 5.21. The van der Waals surface area contributed by atoms with Crippen LogP contribution >= 0.6 is 0 Å². The minimum absolute atomic E-state index is 0.275. The van der Waals surface area contributed by atoms with Crippen molar-refractivity contribution >= 4 is 12.2 Å². The average Bonchev–Trinajstić information content (AvgIpc) is 2.64. The van der Waals surface area contributed by atoms with Gasteiger partial charge in [0.2, 0.25) is 5.95 Å². The Morgan fingerprint density at radius 1 is 1.50 bits per heavy atom. The number of halogens is 1. The molecule has 1 aromatic heterocycles. The van der Waals surface area contributed by atoms with Gasteiger partial charge in [0.05, 0.1) is 18.1 Å². The van der Waals surface area contributed by atoms with Crippen LogP contribution in [0.1, 0.15) is 16.8 Å². The molecular weight excluding hydrogens is 231 g/mol. The topological polar surface area (TPSA) is 56.2 Å². The van der Waals surface area contributed by atoms with Gasteiger partial charge in [-0.1, -0.05) is 5.92 Å². The van der Waals surface area contributed by atoms with Gasteiger partial charge in [-0.05, 0) is 30.7 Å². The number of hydrogen-bond acceptors (Lipinski definition) is 3. The molecule has 0 atom stereocenters. The predicted octanol–water partition coefficient (Wildman–Crippen LogP) is 1.78. The van der Waals surface area contributed by atoms with Gasteiger partial charge in [-0.2, -0.15) is 5.10 Å². The van der Waals surface area contributed by atoms with E-state index < -0.39 is 5.82 Å². The molecule has 0 radical (unpaired) electrons. The first-order chi connectivity index (χ1) is 8.58. The SMILES string of the molecule is C#Cc1cc(F)cc(C=Nn2cc(C)nc2N)c1. The smallest absolute Gasteiger partial charge is 0.221 e. The van der Waals surface area contributed by atoms with Gasteiger partial charge in [0.1, 0.15) is 5.82 Å². The van der Waals surface area contributed by atoms with Gasteiger partial charge < -0.3 is 5.73 Å². The fourth-order valence-electron chi connectivity index (χ4n) is 1.50. The zero-order valence-electron chi connectivity index (χ0n) is 9.76. The van der Waals surface area contributed by atoms with Gasteiger partial charge in [-0.3, -0.25) is 0 Å². The molecule has 0 saturated carbocycles. The van der Waals surface area contributed by atoms with Crippen LogP contribution in [0.15, 0.2) is 29.5 Å². The highest BCUT2D eigenvalue weighted by molar-refractivity contribution is 5.80. The zero-order valence-corrected chi connectivity index (χ0v) is 9.76. The van der Waals surface area contributed by atoms with Crippen molar-refractivity contribution in [3.63, 3.8) is 0 Å². The summed E-state index contributed by atoms with van der Waals surface area (Å²) in [5.74, 6) is 2.25. The summed E-state index contributed by atoms with van der Waals surface area (Å²) in [6, 6.07) is 4.28. The lowest BCUT2D eigenvalue weighted by Gasteiger charge is -1.98. The van der Waals surface area contributed by atoms with Crippen molar-refractivity contribution in [2.24, 2.45) is 5.10 Å². The molecule has 5 heteroatoms. The number of rotatable bonds is 2. The monoisotopic (exact) mass is 242 g/mol. The summed E-state index contributed by atoms with van der Waals surface area (Å²) in [6.07, 6.45) is 8.37. The molecule has 2 N–H and O–H groups in total. The lowest BCUT2D eigenvalue weighted by molar-refractivity contribution is 0.627. The van der Waals surface area contributed by atoms with Crippen molar-refractivity contribution in [3.8, 4) is 12.3 Å². The summed E-state index contributed by atoms with van der Waals surface area (Å²) in [4.78, 5) is 4.00. The van der Waals surface area contributed by atoms with Crippen LogP contribution in [0.25, 0.3) is 0 Å². The molecule has 0 fully saturated rings. The summed E-state index contributed by atoms with van der Waals surface area (Å²) in [5, 5.41) is 4.08. The normalized spacial score (nSPS) is 10.7. The van der Waals surface area contributed by atoms with Gasteiger partial charge >= 0.3 is 0 Å². The number of aromatic nitrogens is 2. The van der Waals surface area contributed by atoms with Crippen LogP contribution in [0.2, 0.25) is 0 Å². The van der Waals surface area contributed by atoms with Gasteiger partial charge in [-0.25, -0.2) is 14.1 Å². The van der Waals surface area contributed by atoms with E-state index in [1.165, 1.54) is 23.0 Å². The molecule has 18 heavy (non-hydrogen) atoms. The van der Waals surface area contributed by atoms with E-state index in [-0.39, 0.29) is 5.95 Å². The van der Waals surface area contributed by atoms with Gasteiger partial charge in [0.25, 0.3) is 0 Å². The van der Waals surface area contributed by atoms with Gasteiger partial charge in [0, 0.05) is 5.56 Å². The van der Waals surface area contributed by atoms with Crippen molar-refractivity contribution in [2.75, 3.05) is 5.73 Å². The van der Waals surface area contributed by atoms with E-state index in [4.69, 9.17) is 12.2 Å².